The highest BCUT2D eigenvalue weighted by atomic mass is 16.1. The molecule has 0 radical (unpaired) electrons. The molecule has 3 unspecified atom stereocenters. The number of amides is 1. The number of aryl methyl sites for hydroxylation is 1. The summed E-state index contributed by atoms with van der Waals surface area (Å²) >= 11 is 0. The molecule has 1 aromatic heterocycles. The van der Waals surface area contributed by atoms with E-state index in [1.54, 1.807) is 0 Å². The molecule has 0 saturated heterocycles. The molecule has 1 aliphatic carbocycles. The van der Waals surface area contributed by atoms with Gasteiger partial charge in [-0.2, -0.15) is 0 Å². The fourth-order valence-corrected chi connectivity index (χ4v) is 4.78. The largest absolute Gasteiger partial charge is 0.366 e. The van der Waals surface area contributed by atoms with Gasteiger partial charge in [0, 0.05) is 38.5 Å². The maximum Gasteiger partial charge on any atom is 0.243 e. The van der Waals surface area contributed by atoms with Crippen LogP contribution in [0.4, 0.5) is 0 Å². The van der Waals surface area contributed by atoms with E-state index in [9.17, 15) is 4.79 Å². The molecule has 2 rings (SSSR count). The molecule has 196 valence electrons. The van der Waals surface area contributed by atoms with Gasteiger partial charge in [-0.15, -0.1) is 0 Å². The number of nitrogens with zero attached hydrogens (tertiary/aromatic N) is 6. The number of aliphatic imine (C=N–C) groups is 1. The molecule has 0 fully saturated rings. The third-order valence-corrected chi connectivity index (χ3v) is 7.12. The van der Waals surface area contributed by atoms with Gasteiger partial charge in [0.25, 0.3) is 0 Å². The van der Waals surface area contributed by atoms with Crippen molar-refractivity contribution >= 4 is 12.2 Å². The van der Waals surface area contributed by atoms with Crippen molar-refractivity contribution in [3.8, 4) is 0 Å². The van der Waals surface area contributed by atoms with Gasteiger partial charge in [-0.25, -0.2) is 4.99 Å². The summed E-state index contributed by atoms with van der Waals surface area (Å²) in [5.41, 5.74) is 8.73. The minimum Gasteiger partial charge on any atom is -0.366 e. The van der Waals surface area contributed by atoms with Gasteiger partial charge in [-0.1, -0.05) is 19.9 Å². The number of fused-ring (bicyclic) bond motifs is 1. The van der Waals surface area contributed by atoms with Crippen LogP contribution < -0.4 is 5.73 Å². The van der Waals surface area contributed by atoms with Crippen molar-refractivity contribution in [2.75, 3.05) is 47.8 Å². The fraction of sp³-hybridized carbons (Fsp3) is 0.667. The highest BCUT2D eigenvalue weighted by Gasteiger charge is 2.27. The first-order valence-corrected chi connectivity index (χ1v) is 13.0. The average molecular weight is 486 g/mol. The zero-order chi connectivity index (χ0) is 26.0. The highest BCUT2D eigenvalue weighted by Crippen LogP contribution is 2.33. The lowest BCUT2D eigenvalue weighted by molar-refractivity contribution is -0.113. The van der Waals surface area contributed by atoms with Crippen molar-refractivity contribution in [2.45, 2.75) is 71.1 Å². The Bertz CT molecular complexity index is 854. The number of hydrogen-bond donors (Lipinski definition) is 1. The maximum atomic E-state index is 11.8. The van der Waals surface area contributed by atoms with Gasteiger partial charge in [-0.05, 0) is 78.3 Å². The Morgan fingerprint density at radius 2 is 2.03 bits per heavy atom. The lowest BCUT2D eigenvalue weighted by atomic mass is 9.90. The number of hydrogen-bond acceptors (Lipinski definition) is 6. The zero-order valence-electron chi connectivity index (χ0n) is 22.9. The molecular weight excluding hydrogens is 438 g/mol. The molecular formula is C27H47N7O. The third-order valence-electron chi connectivity index (χ3n) is 7.12. The van der Waals surface area contributed by atoms with Gasteiger partial charge in [0.15, 0.2) is 0 Å². The number of carbonyl (C=O) groups is 1. The van der Waals surface area contributed by atoms with Gasteiger partial charge in [-0.3, -0.25) is 19.6 Å². The van der Waals surface area contributed by atoms with Crippen molar-refractivity contribution in [1.29, 1.82) is 0 Å². The summed E-state index contributed by atoms with van der Waals surface area (Å²) < 4.78 is 0. The molecule has 1 amide bonds. The van der Waals surface area contributed by atoms with Crippen molar-refractivity contribution in [2.24, 2.45) is 10.7 Å². The van der Waals surface area contributed by atoms with Crippen molar-refractivity contribution in [1.82, 2.24) is 24.6 Å². The Morgan fingerprint density at radius 3 is 2.66 bits per heavy atom. The van der Waals surface area contributed by atoms with Crippen LogP contribution in [0.25, 0.3) is 0 Å². The van der Waals surface area contributed by atoms with Crippen molar-refractivity contribution < 1.29 is 4.79 Å². The van der Waals surface area contributed by atoms with Crippen LogP contribution in [0.1, 0.15) is 63.8 Å². The molecule has 0 spiro atoms. The van der Waals surface area contributed by atoms with Crippen LogP contribution in [-0.2, 0) is 11.2 Å². The van der Waals surface area contributed by atoms with Crippen LogP contribution in [-0.4, -0.2) is 96.9 Å². The van der Waals surface area contributed by atoms with E-state index in [-0.39, 0.29) is 12.2 Å². The molecule has 3 atom stereocenters. The molecule has 0 saturated carbocycles. The average Bonchev–Trinajstić information content (AvgIpc) is 2.83. The van der Waals surface area contributed by atoms with E-state index in [4.69, 9.17) is 15.7 Å². The van der Waals surface area contributed by atoms with Crippen LogP contribution in [0.3, 0.4) is 0 Å². The standard InChI is InChI=1S/C27H47N7O/c1-8-16-34(25-14-10-12-22-13-11-15-29-27(22)25)18-23(17-26(28)35)30-20-33(7)21(3)32(6)19-24(9-2)31(4)5/h11,13,15,17,20-21,24-25H,8-10,12,14,16,18-19H2,1-7H3,(H2,28,35)/b23-17+,30-20?. The lowest BCUT2D eigenvalue weighted by Gasteiger charge is -2.36. The summed E-state index contributed by atoms with van der Waals surface area (Å²) in [6.45, 7) is 9.00. The van der Waals surface area contributed by atoms with Gasteiger partial charge < -0.3 is 15.5 Å². The number of aromatic nitrogens is 1. The number of pyridine rings is 1. The lowest BCUT2D eigenvalue weighted by Crippen LogP contribution is -2.47. The smallest absolute Gasteiger partial charge is 0.243 e. The summed E-state index contributed by atoms with van der Waals surface area (Å²) in [7, 11) is 8.41. The summed E-state index contributed by atoms with van der Waals surface area (Å²) in [5.74, 6) is -0.472. The number of nitrogens with two attached hydrogens (primary N) is 1. The van der Waals surface area contributed by atoms with E-state index >= 15 is 0 Å². The second kappa shape index (κ2) is 14.3. The first-order valence-electron chi connectivity index (χ1n) is 13.0. The van der Waals surface area contributed by atoms with E-state index in [0.29, 0.717) is 18.3 Å². The summed E-state index contributed by atoms with van der Waals surface area (Å²) in [4.78, 5) is 30.4. The van der Waals surface area contributed by atoms with Gasteiger partial charge >= 0.3 is 0 Å². The number of primary amides is 1. The van der Waals surface area contributed by atoms with Crippen LogP contribution >= 0.6 is 0 Å². The summed E-state index contributed by atoms with van der Waals surface area (Å²) in [6, 6.07) is 4.92. The molecule has 0 bridgehead atoms. The number of rotatable bonds is 14. The van der Waals surface area contributed by atoms with Gasteiger partial charge in [0.1, 0.15) is 0 Å². The minimum absolute atomic E-state index is 0.156. The Balaban J connectivity index is 2.16. The molecule has 8 nitrogen and oxygen atoms in total. The molecule has 0 aromatic carbocycles. The van der Waals surface area contributed by atoms with E-state index in [0.717, 1.165) is 50.9 Å². The Labute approximate surface area is 212 Å². The van der Waals surface area contributed by atoms with Crippen molar-refractivity contribution in [3.05, 3.63) is 41.4 Å². The SMILES string of the molecule is CCCN(C/C(=C\C(N)=O)N=CN(C)C(C)N(C)CC(CC)N(C)C)C1CCCc2cccnc21. The first-order chi connectivity index (χ1) is 16.7. The topological polar surface area (TPSA) is 81.3 Å². The second-order valence-corrected chi connectivity index (χ2v) is 9.97. The van der Waals surface area contributed by atoms with Crippen LogP contribution in [0.15, 0.2) is 35.1 Å². The first kappa shape index (κ1) is 28.9. The van der Waals surface area contributed by atoms with Gasteiger partial charge in [0.2, 0.25) is 5.91 Å². The molecule has 1 aromatic rings. The molecule has 1 heterocycles. The molecule has 1 aliphatic rings. The zero-order valence-corrected chi connectivity index (χ0v) is 22.9. The predicted octanol–water partition coefficient (Wildman–Crippen LogP) is 3.12. The summed E-state index contributed by atoms with van der Waals surface area (Å²) in [5, 5.41) is 0. The Hall–Kier alpha value is -2.29. The monoisotopic (exact) mass is 485 g/mol. The molecule has 0 aliphatic heterocycles. The molecule has 8 heteroatoms. The van der Waals surface area contributed by atoms with Crippen LogP contribution in [0.2, 0.25) is 0 Å². The van der Waals surface area contributed by atoms with Crippen molar-refractivity contribution in [3.63, 3.8) is 0 Å². The fourth-order valence-electron chi connectivity index (χ4n) is 4.78. The quantitative estimate of drug-likeness (QED) is 0.189. The molecule has 35 heavy (non-hydrogen) atoms. The van der Waals surface area contributed by atoms with E-state index < -0.39 is 5.91 Å². The Kier molecular flexibility index (Phi) is 11.8. The van der Waals surface area contributed by atoms with E-state index in [1.807, 2.05) is 25.6 Å². The second-order valence-electron chi connectivity index (χ2n) is 9.97. The predicted molar refractivity (Wildman–Crippen MR) is 145 cm³/mol. The molecule has 2 N–H and O–H groups in total. The third kappa shape index (κ3) is 8.70. The van der Waals surface area contributed by atoms with Crippen LogP contribution in [0.5, 0.6) is 0 Å². The minimum atomic E-state index is -0.472. The number of carbonyl (C=O) groups excluding carboxylic acids is 1. The van der Waals surface area contributed by atoms with E-state index in [2.05, 4.69) is 67.6 Å². The number of likely N-dealkylation sites (N-methyl/N-ethyl adjacent to an activating group) is 2. The van der Waals surface area contributed by atoms with Crippen LogP contribution in [0, 0.1) is 0 Å². The van der Waals surface area contributed by atoms with E-state index in [1.165, 1.54) is 11.6 Å². The highest BCUT2D eigenvalue weighted by molar-refractivity contribution is 5.86. The maximum absolute atomic E-state index is 11.8. The summed E-state index contributed by atoms with van der Waals surface area (Å²) in [6.07, 6.45) is 10.7. The Morgan fingerprint density at radius 1 is 1.29 bits per heavy atom. The van der Waals surface area contributed by atoms with Gasteiger partial charge in [0.05, 0.1) is 29.9 Å². The normalized spacial score (nSPS) is 18.3.